The fourth-order valence-electron chi connectivity index (χ4n) is 1.04. The van der Waals surface area contributed by atoms with Crippen LogP contribution in [0.1, 0.15) is 42.4 Å². The Morgan fingerprint density at radius 3 is 3.50 bits per heavy atom. The van der Waals surface area contributed by atoms with Crippen molar-refractivity contribution in [2.75, 3.05) is 17.1 Å². The van der Waals surface area contributed by atoms with Gasteiger partial charge in [-0.15, -0.1) is 0 Å². The second kappa shape index (κ2) is 3.86. The first-order valence-electron chi connectivity index (χ1n) is 9.90. The van der Waals surface area contributed by atoms with Crippen molar-refractivity contribution in [3.63, 3.8) is 0 Å². The quantitative estimate of drug-likeness (QED) is 0.759. The third-order valence-corrected chi connectivity index (χ3v) is 1.66. The largest absolute Gasteiger partial charge is 0.396 e. The first-order chi connectivity index (χ1) is 11.4. The van der Waals surface area contributed by atoms with E-state index in [1.165, 1.54) is 12.1 Å². The molecule has 0 bridgehead atoms. The van der Waals surface area contributed by atoms with Gasteiger partial charge in [-0.25, -0.2) is 4.98 Å². The molecule has 1 aromatic heterocycles. The molecule has 3 heteroatoms. The molecule has 0 aliphatic carbocycles. The van der Waals surface area contributed by atoms with Gasteiger partial charge >= 0.3 is 0 Å². The third-order valence-electron chi connectivity index (χ3n) is 1.66. The number of hydrogen-bond acceptors (Lipinski definition) is 3. The van der Waals surface area contributed by atoms with Crippen molar-refractivity contribution in [2.24, 2.45) is 0 Å². The molecule has 1 aromatic rings. The van der Waals surface area contributed by atoms with Crippen LogP contribution in [0, 0.1) is 0 Å². The summed E-state index contributed by atoms with van der Waals surface area (Å²) in [5.74, 6) is -0.660. The van der Waals surface area contributed by atoms with Gasteiger partial charge in [-0.05, 0) is 38.1 Å². The van der Waals surface area contributed by atoms with Gasteiger partial charge in [0.1, 0.15) is 0 Å². The summed E-state index contributed by atoms with van der Waals surface area (Å²) in [6.45, 7) is -7.06. The molecule has 0 saturated carbocycles. The Morgan fingerprint density at radius 2 is 2.71 bits per heavy atom. The van der Waals surface area contributed by atoms with E-state index in [1.54, 1.807) is 0 Å². The first kappa shape index (κ1) is 2.65. The number of nitrogen functional groups attached to an aromatic ring is 1. The van der Waals surface area contributed by atoms with E-state index in [4.69, 9.17) is 22.2 Å². The Morgan fingerprint density at radius 1 is 1.79 bits per heavy atom. The lowest BCUT2D eigenvalue weighted by atomic mass is 10.0. The van der Waals surface area contributed by atoms with Gasteiger partial charge in [-0.1, -0.05) is 0 Å². The summed E-state index contributed by atoms with van der Waals surface area (Å²) >= 11 is 0. The van der Waals surface area contributed by atoms with Crippen molar-refractivity contribution in [3.05, 3.63) is 18.3 Å². The Bertz CT molecular complexity index is 715. The van der Waals surface area contributed by atoms with Gasteiger partial charge in [0.15, 0.2) is 5.82 Å². The number of anilines is 2. The molecule has 1 aliphatic rings. The summed E-state index contributed by atoms with van der Waals surface area (Å²) in [6.07, 6.45) is -9.80. The SMILES string of the molecule is [2H]C([2H])([2H])C1([2H])N(c2ncccc2N)C([2H])([2H])C([2H])([2H])C([2H])([2H])C1([2H])[2H]. The smallest absolute Gasteiger partial charge is 0.151 e. The van der Waals surface area contributed by atoms with Crippen LogP contribution < -0.4 is 10.6 Å². The van der Waals surface area contributed by atoms with E-state index in [0.29, 0.717) is 0 Å². The van der Waals surface area contributed by atoms with Gasteiger partial charge in [0.2, 0.25) is 0 Å². The number of aromatic nitrogens is 1. The molecule has 3 nitrogen and oxygen atoms in total. The minimum atomic E-state index is -3.68. The number of rotatable bonds is 1. The van der Waals surface area contributed by atoms with Crippen molar-refractivity contribution in [3.8, 4) is 0 Å². The molecular formula is C11H17N3. The number of hydrogen-bond donors (Lipinski definition) is 1. The topological polar surface area (TPSA) is 42.2 Å². The Labute approximate surface area is 102 Å². The minimum Gasteiger partial charge on any atom is -0.396 e. The average molecular weight is 203 g/mol. The summed E-state index contributed by atoms with van der Waals surface area (Å²) in [6, 6.07) is -1.03. The maximum Gasteiger partial charge on any atom is 0.151 e. The second-order valence-corrected chi connectivity index (χ2v) is 2.59. The number of nitrogens with zero attached hydrogens (tertiary/aromatic N) is 2. The lowest BCUT2D eigenvalue weighted by molar-refractivity contribution is 0.482. The van der Waals surface area contributed by atoms with E-state index < -0.39 is 44.3 Å². The van der Waals surface area contributed by atoms with Crippen LogP contribution in [0.5, 0.6) is 0 Å². The molecule has 0 amide bonds. The van der Waals surface area contributed by atoms with Crippen molar-refractivity contribution in [1.29, 1.82) is 0 Å². The fraction of sp³-hybridized carbons (Fsp3) is 0.545. The highest BCUT2D eigenvalue weighted by Gasteiger charge is 2.20. The zero-order valence-electron chi connectivity index (χ0n) is 19.2. The molecule has 0 radical (unpaired) electrons. The van der Waals surface area contributed by atoms with Crippen molar-refractivity contribution >= 4 is 11.5 Å². The number of pyridine rings is 1. The van der Waals surface area contributed by atoms with Crippen LogP contribution in [0.3, 0.4) is 0 Å². The summed E-state index contributed by atoms with van der Waals surface area (Å²) in [4.78, 5) is 3.72. The van der Waals surface area contributed by atoms with E-state index in [2.05, 4.69) is 4.98 Å². The predicted molar refractivity (Wildman–Crippen MR) is 59.3 cm³/mol. The lowest BCUT2D eigenvalue weighted by Crippen LogP contribution is -2.38. The highest BCUT2D eigenvalue weighted by Crippen LogP contribution is 2.26. The normalized spacial score (nSPS) is 55.6. The van der Waals surface area contributed by atoms with Crippen LogP contribution in [-0.2, 0) is 0 Å². The van der Waals surface area contributed by atoms with Crippen LogP contribution in [0.15, 0.2) is 18.3 Å². The van der Waals surface area contributed by atoms with E-state index in [1.807, 2.05) is 0 Å². The average Bonchev–Trinajstić information content (AvgIpc) is 2.46. The van der Waals surface area contributed by atoms with Crippen LogP contribution in [0.25, 0.3) is 0 Å². The van der Waals surface area contributed by atoms with Crippen LogP contribution in [0.2, 0.25) is 0 Å². The first-order valence-corrected chi connectivity index (χ1v) is 3.90. The highest BCUT2D eigenvalue weighted by molar-refractivity contribution is 5.62. The second-order valence-electron chi connectivity index (χ2n) is 2.59. The molecule has 2 rings (SSSR count). The van der Waals surface area contributed by atoms with E-state index in [0.717, 1.165) is 6.20 Å². The Kier molecular flexibility index (Phi) is 0.732. The van der Waals surface area contributed by atoms with Crippen molar-refractivity contribution in [1.82, 2.24) is 4.98 Å². The predicted octanol–water partition coefficient (Wildman–Crippen LogP) is 2.04. The van der Waals surface area contributed by atoms with Crippen LogP contribution >= 0.6 is 0 Å². The summed E-state index contributed by atoms with van der Waals surface area (Å²) < 4.78 is 95.3. The molecule has 1 saturated heterocycles. The van der Waals surface area contributed by atoms with Crippen molar-refractivity contribution in [2.45, 2.75) is 32.0 Å². The number of piperidine rings is 1. The summed E-state index contributed by atoms with van der Waals surface area (Å²) in [5, 5.41) is 0. The maximum atomic E-state index is 8.40. The molecule has 1 atom stereocenters. The molecule has 1 fully saturated rings. The van der Waals surface area contributed by atoms with Gasteiger partial charge in [0.25, 0.3) is 0 Å². The zero-order chi connectivity index (χ0) is 20.6. The molecule has 2 N–H and O–H groups in total. The lowest BCUT2D eigenvalue weighted by Gasteiger charge is -2.34. The molecule has 76 valence electrons. The third kappa shape index (κ3) is 1.67. The van der Waals surface area contributed by atoms with Gasteiger partial charge in [0.05, 0.1) is 7.06 Å². The van der Waals surface area contributed by atoms with Gasteiger partial charge in [-0.3, -0.25) is 0 Å². The van der Waals surface area contributed by atoms with E-state index in [9.17, 15) is 0 Å². The monoisotopic (exact) mass is 203 g/mol. The zero-order valence-corrected chi connectivity index (χ0v) is 7.20. The summed E-state index contributed by atoms with van der Waals surface area (Å²) in [5.41, 5.74) is 5.39. The van der Waals surface area contributed by atoms with Gasteiger partial charge in [-0.2, -0.15) is 0 Å². The molecule has 14 heavy (non-hydrogen) atoms. The van der Waals surface area contributed by atoms with Gasteiger partial charge in [0, 0.05) is 33.8 Å². The van der Waals surface area contributed by atoms with E-state index in [-0.39, 0.29) is 10.6 Å². The Balaban J connectivity index is 3.00. The van der Waals surface area contributed by atoms with E-state index >= 15 is 0 Å². The molecule has 2 heterocycles. The fourth-order valence-corrected chi connectivity index (χ4v) is 1.04. The summed E-state index contributed by atoms with van der Waals surface area (Å²) in [7, 11) is 0. The van der Waals surface area contributed by atoms with Crippen LogP contribution in [0.4, 0.5) is 11.5 Å². The highest BCUT2D eigenvalue weighted by atomic mass is 15.2. The molecular weight excluding hydrogens is 174 g/mol. The molecule has 0 spiro atoms. The van der Waals surface area contributed by atoms with Crippen molar-refractivity contribution < 1.29 is 16.4 Å². The maximum absolute atomic E-state index is 8.40. The molecule has 1 aliphatic heterocycles. The molecule has 0 aromatic carbocycles. The standard InChI is InChI=1S/C11H17N3/c1-9-5-2-3-8-14(9)11-10(12)6-4-7-13-11/h4,6-7,9H,2-3,5,8,12H2,1H3/i1D3,2D2,3D2,5D2,8D2,9D. The number of nitrogens with two attached hydrogens (primary N) is 1. The van der Waals surface area contributed by atoms with Crippen LogP contribution in [-0.4, -0.2) is 17.5 Å². The minimum absolute atomic E-state index is 0.00363. The van der Waals surface area contributed by atoms with Gasteiger partial charge < -0.3 is 10.6 Å². The molecule has 1 unspecified atom stereocenters. The Hall–Kier alpha value is -1.25.